The van der Waals surface area contributed by atoms with Crippen molar-refractivity contribution in [1.29, 1.82) is 0 Å². The molecule has 0 aliphatic rings. The SMILES string of the molecule is CC(C)(C)OC(=O)CCC(NC(=O)NC(CS)C(=O)OC(C)(C)C)C(=O)OC(C)(C)C. The topological polar surface area (TPSA) is 120 Å². The van der Waals surface area contributed by atoms with Gasteiger partial charge in [-0.1, -0.05) is 0 Å². The molecule has 0 aromatic carbocycles. The molecule has 0 aromatic rings. The normalized spacial score (nSPS) is 14.1. The summed E-state index contributed by atoms with van der Waals surface area (Å²) in [5.41, 5.74) is -2.19. The Bertz CT molecular complexity index is 646. The summed E-state index contributed by atoms with van der Waals surface area (Å²) in [6.07, 6.45) is -0.140. The van der Waals surface area contributed by atoms with E-state index in [9.17, 15) is 19.2 Å². The number of thiol groups is 1. The minimum absolute atomic E-state index is 0.00263. The Morgan fingerprint density at radius 2 is 1.10 bits per heavy atom. The molecule has 31 heavy (non-hydrogen) atoms. The van der Waals surface area contributed by atoms with Crippen LogP contribution in [0.25, 0.3) is 0 Å². The van der Waals surface area contributed by atoms with Crippen molar-refractivity contribution in [3.05, 3.63) is 0 Å². The van der Waals surface area contributed by atoms with Gasteiger partial charge in [0.2, 0.25) is 0 Å². The van der Waals surface area contributed by atoms with E-state index in [4.69, 9.17) is 14.2 Å². The second-order valence-corrected chi connectivity index (χ2v) is 10.5. The van der Waals surface area contributed by atoms with Crippen LogP contribution in [0.15, 0.2) is 0 Å². The standard InChI is InChI=1S/C21H38N2O7S/c1-19(2,3)28-15(24)11-10-13(16(25)29-20(4,5)6)22-18(27)23-14(12-31)17(26)30-21(7,8)9/h13-14,31H,10-12H2,1-9H3,(H2,22,23,27). The van der Waals surface area contributed by atoms with Gasteiger partial charge in [-0.2, -0.15) is 12.6 Å². The van der Waals surface area contributed by atoms with Crippen LogP contribution >= 0.6 is 12.6 Å². The highest BCUT2D eigenvalue weighted by Crippen LogP contribution is 2.14. The predicted molar refractivity (Wildman–Crippen MR) is 120 cm³/mol. The molecule has 0 aliphatic carbocycles. The number of esters is 3. The number of hydrogen-bond acceptors (Lipinski definition) is 8. The lowest BCUT2D eigenvalue weighted by atomic mass is 10.1. The highest BCUT2D eigenvalue weighted by molar-refractivity contribution is 7.80. The van der Waals surface area contributed by atoms with Crippen molar-refractivity contribution >= 4 is 36.6 Å². The van der Waals surface area contributed by atoms with Crippen LogP contribution in [-0.2, 0) is 28.6 Å². The Balaban J connectivity index is 5.19. The summed E-state index contributed by atoms with van der Waals surface area (Å²) >= 11 is 4.08. The van der Waals surface area contributed by atoms with E-state index >= 15 is 0 Å². The zero-order chi connectivity index (χ0) is 24.6. The van der Waals surface area contributed by atoms with Crippen LogP contribution in [0.1, 0.15) is 75.2 Å². The molecule has 0 rings (SSSR count). The van der Waals surface area contributed by atoms with Gasteiger partial charge in [-0.3, -0.25) is 4.79 Å². The zero-order valence-electron chi connectivity index (χ0n) is 20.1. The summed E-state index contributed by atoms with van der Waals surface area (Å²) in [5.74, 6) is -1.87. The number of nitrogens with one attached hydrogen (secondary N) is 2. The Morgan fingerprint density at radius 3 is 1.48 bits per heavy atom. The van der Waals surface area contributed by atoms with Crippen LogP contribution in [0, 0.1) is 0 Å². The van der Waals surface area contributed by atoms with Gasteiger partial charge < -0.3 is 24.8 Å². The van der Waals surface area contributed by atoms with Gasteiger partial charge in [0.1, 0.15) is 28.9 Å². The maximum Gasteiger partial charge on any atom is 0.330 e. The second kappa shape index (κ2) is 11.6. The summed E-state index contributed by atoms with van der Waals surface area (Å²) in [6, 6.07) is -2.93. The summed E-state index contributed by atoms with van der Waals surface area (Å²) < 4.78 is 15.8. The Labute approximate surface area is 190 Å². The number of hydrogen-bond donors (Lipinski definition) is 3. The lowest BCUT2D eigenvalue weighted by Crippen LogP contribution is -2.53. The van der Waals surface area contributed by atoms with Crippen LogP contribution in [0.4, 0.5) is 4.79 Å². The van der Waals surface area contributed by atoms with Crippen molar-refractivity contribution in [3.63, 3.8) is 0 Å². The molecule has 2 atom stereocenters. The Kier molecular flexibility index (Phi) is 10.9. The van der Waals surface area contributed by atoms with Crippen LogP contribution in [-0.4, -0.2) is 58.6 Å². The van der Waals surface area contributed by atoms with Gasteiger partial charge >= 0.3 is 23.9 Å². The average molecular weight is 463 g/mol. The van der Waals surface area contributed by atoms with Crippen LogP contribution in [0.3, 0.4) is 0 Å². The minimum atomic E-state index is -1.12. The van der Waals surface area contributed by atoms with E-state index in [1.165, 1.54) is 0 Å². The summed E-state index contributed by atoms with van der Waals surface area (Å²) in [5, 5.41) is 4.90. The molecule has 0 heterocycles. The fourth-order valence-corrected chi connectivity index (χ4v) is 2.43. The maximum absolute atomic E-state index is 12.5. The third-order valence-corrected chi connectivity index (χ3v) is 3.60. The molecule has 2 N–H and O–H groups in total. The minimum Gasteiger partial charge on any atom is -0.460 e. The molecule has 180 valence electrons. The number of rotatable bonds is 8. The molecule has 2 unspecified atom stereocenters. The van der Waals surface area contributed by atoms with Crippen molar-refractivity contribution in [1.82, 2.24) is 10.6 Å². The molecule has 0 spiro atoms. The quantitative estimate of drug-likeness (QED) is 0.288. The fraction of sp³-hybridized carbons (Fsp3) is 0.810. The molecular weight excluding hydrogens is 424 g/mol. The van der Waals surface area contributed by atoms with E-state index < -0.39 is 52.8 Å². The molecular formula is C21H38N2O7S. The van der Waals surface area contributed by atoms with Crippen LogP contribution in [0.2, 0.25) is 0 Å². The van der Waals surface area contributed by atoms with E-state index in [-0.39, 0.29) is 18.6 Å². The predicted octanol–water partition coefficient (Wildman–Crippen LogP) is 2.76. The van der Waals surface area contributed by atoms with Gasteiger partial charge in [0.25, 0.3) is 0 Å². The molecule has 0 fully saturated rings. The summed E-state index contributed by atoms with van der Waals surface area (Å²) in [7, 11) is 0. The van der Waals surface area contributed by atoms with Gasteiger partial charge in [0, 0.05) is 12.2 Å². The smallest absolute Gasteiger partial charge is 0.330 e. The lowest BCUT2D eigenvalue weighted by Gasteiger charge is -2.26. The highest BCUT2D eigenvalue weighted by atomic mass is 32.1. The van der Waals surface area contributed by atoms with Crippen molar-refractivity contribution in [2.45, 2.75) is 104 Å². The number of urea groups is 1. The first-order valence-electron chi connectivity index (χ1n) is 10.2. The number of carbonyl (C=O) groups excluding carboxylic acids is 4. The van der Waals surface area contributed by atoms with Crippen molar-refractivity contribution < 1.29 is 33.4 Å². The maximum atomic E-state index is 12.5. The van der Waals surface area contributed by atoms with E-state index in [0.717, 1.165) is 0 Å². The number of carbonyl (C=O) groups is 4. The molecule has 10 heteroatoms. The number of amides is 2. The first-order chi connectivity index (χ1) is 13.8. The van der Waals surface area contributed by atoms with E-state index in [1.807, 2.05) is 0 Å². The zero-order valence-corrected chi connectivity index (χ0v) is 21.0. The number of ether oxygens (including phenoxy) is 3. The molecule has 0 saturated carbocycles. The van der Waals surface area contributed by atoms with Crippen molar-refractivity contribution in [3.8, 4) is 0 Å². The molecule has 9 nitrogen and oxygen atoms in total. The largest absolute Gasteiger partial charge is 0.460 e. The third kappa shape index (κ3) is 14.6. The van der Waals surface area contributed by atoms with E-state index in [2.05, 4.69) is 23.3 Å². The van der Waals surface area contributed by atoms with Crippen molar-refractivity contribution in [2.24, 2.45) is 0 Å². The van der Waals surface area contributed by atoms with Crippen LogP contribution in [0.5, 0.6) is 0 Å². The molecule has 0 radical (unpaired) electrons. The van der Waals surface area contributed by atoms with E-state index in [0.29, 0.717) is 0 Å². The summed E-state index contributed by atoms with van der Waals surface area (Å²) in [4.78, 5) is 49.2. The van der Waals surface area contributed by atoms with Crippen molar-refractivity contribution in [2.75, 3.05) is 5.75 Å². The molecule has 0 saturated heterocycles. The van der Waals surface area contributed by atoms with Gasteiger partial charge in [-0.15, -0.1) is 0 Å². The summed E-state index contributed by atoms with van der Waals surface area (Å²) in [6.45, 7) is 15.4. The fourth-order valence-electron chi connectivity index (χ4n) is 2.19. The molecule has 0 bridgehead atoms. The monoisotopic (exact) mass is 462 g/mol. The first kappa shape index (κ1) is 29.0. The van der Waals surface area contributed by atoms with Gasteiger partial charge in [0.15, 0.2) is 0 Å². The van der Waals surface area contributed by atoms with E-state index in [1.54, 1.807) is 62.3 Å². The van der Waals surface area contributed by atoms with Crippen LogP contribution < -0.4 is 10.6 Å². The molecule has 0 aromatic heterocycles. The van der Waals surface area contributed by atoms with Gasteiger partial charge in [-0.25, -0.2) is 14.4 Å². The third-order valence-electron chi connectivity index (χ3n) is 3.23. The highest BCUT2D eigenvalue weighted by Gasteiger charge is 2.30. The average Bonchev–Trinajstić information content (AvgIpc) is 2.51. The lowest BCUT2D eigenvalue weighted by molar-refractivity contribution is -0.159. The van der Waals surface area contributed by atoms with Gasteiger partial charge in [0.05, 0.1) is 0 Å². The molecule has 0 aliphatic heterocycles. The Morgan fingerprint density at radius 1 is 0.710 bits per heavy atom. The van der Waals surface area contributed by atoms with Gasteiger partial charge in [-0.05, 0) is 68.7 Å². The Hall–Kier alpha value is -1.97. The second-order valence-electron chi connectivity index (χ2n) is 10.1. The first-order valence-corrected chi connectivity index (χ1v) is 10.8. The molecule has 2 amide bonds.